The number of nitrogens with zero attached hydrogens (tertiary/aromatic N) is 1. The van der Waals surface area contributed by atoms with Gasteiger partial charge in [0.15, 0.2) is 0 Å². The second kappa shape index (κ2) is 10.8. The van der Waals surface area contributed by atoms with Crippen LogP contribution in [0, 0.1) is 0 Å². The molecular formula is C26H31N3O4. The maximum absolute atomic E-state index is 12.3. The van der Waals surface area contributed by atoms with E-state index in [-0.39, 0.29) is 18.4 Å². The molecule has 0 aliphatic heterocycles. The molecule has 33 heavy (non-hydrogen) atoms. The monoisotopic (exact) mass is 449 g/mol. The Hall–Kier alpha value is -3.61. The molecule has 0 spiro atoms. The van der Waals surface area contributed by atoms with E-state index in [1.165, 1.54) is 7.11 Å². The number of imidazole rings is 1. The van der Waals surface area contributed by atoms with Gasteiger partial charge in [0.05, 0.1) is 19.2 Å². The predicted molar refractivity (Wildman–Crippen MR) is 127 cm³/mol. The zero-order chi connectivity index (χ0) is 23.8. The van der Waals surface area contributed by atoms with Crippen LogP contribution in [0.1, 0.15) is 44.1 Å². The number of aromatic amines is 1. The minimum atomic E-state index is -0.574. The lowest BCUT2D eigenvalue weighted by Gasteiger charge is -2.18. The number of benzene rings is 2. The van der Waals surface area contributed by atoms with E-state index in [0.29, 0.717) is 6.42 Å². The molecule has 1 aromatic heterocycles. The fourth-order valence-electron chi connectivity index (χ4n) is 3.34. The van der Waals surface area contributed by atoms with Crippen LogP contribution in [0.15, 0.2) is 60.8 Å². The van der Waals surface area contributed by atoms with Gasteiger partial charge in [-0.25, -0.2) is 9.78 Å². The van der Waals surface area contributed by atoms with E-state index in [1.54, 1.807) is 0 Å². The first-order valence-electron chi connectivity index (χ1n) is 10.9. The van der Waals surface area contributed by atoms with Crippen molar-refractivity contribution in [2.45, 2.75) is 51.7 Å². The van der Waals surface area contributed by atoms with Crippen molar-refractivity contribution in [1.82, 2.24) is 15.3 Å². The highest BCUT2D eigenvalue weighted by Gasteiger charge is 2.20. The van der Waals surface area contributed by atoms with Crippen LogP contribution in [0.4, 0.5) is 4.79 Å². The van der Waals surface area contributed by atoms with E-state index >= 15 is 0 Å². The smallest absolute Gasteiger partial charge is 0.407 e. The number of hydrogen-bond acceptors (Lipinski definition) is 5. The van der Waals surface area contributed by atoms with Gasteiger partial charge >= 0.3 is 12.1 Å². The molecule has 3 rings (SSSR count). The lowest BCUT2D eigenvalue weighted by Crippen LogP contribution is -2.38. The number of aromatic nitrogens is 2. The molecule has 0 aliphatic carbocycles. The van der Waals surface area contributed by atoms with Gasteiger partial charge in [-0.15, -0.1) is 0 Å². The molecule has 7 heteroatoms. The van der Waals surface area contributed by atoms with E-state index in [1.807, 2.05) is 60.8 Å². The van der Waals surface area contributed by atoms with Crippen LogP contribution in [-0.2, 0) is 32.7 Å². The number of hydrogen-bond donors (Lipinski definition) is 2. The number of nitrogens with one attached hydrogen (secondary N) is 2. The molecule has 1 amide bonds. The molecule has 0 saturated carbocycles. The summed E-state index contributed by atoms with van der Waals surface area (Å²) in [7, 11) is 1.33. The summed E-state index contributed by atoms with van der Waals surface area (Å²) in [5, 5.41) is 2.79. The average molecular weight is 450 g/mol. The third-order valence-electron chi connectivity index (χ3n) is 5.20. The van der Waals surface area contributed by atoms with Crippen molar-refractivity contribution in [2.24, 2.45) is 0 Å². The fourth-order valence-corrected chi connectivity index (χ4v) is 3.34. The van der Waals surface area contributed by atoms with Crippen LogP contribution < -0.4 is 5.32 Å². The van der Waals surface area contributed by atoms with Gasteiger partial charge in [-0.3, -0.25) is 4.79 Å². The summed E-state index contributed by atoms with van der Waals surface area (Å²) < 4.78 is 10.1. The third-order valence-corrected chi connectivity index (χ3v) is 5.20. The SMILES string of the molecule is COC(=O)C[C@H](Cc1ccc(-c2c[nH]c(C(C)(C)C)n2)cc1)NC(=O)OCc1ccccc1. The number of rotatable bonds is 8. The number of H-pyrrole nitrogens is 1. The molecule has 7 nitrogen and oxygen atoms in total. The maximum Gasteiger partial charge on any atom is 0.407 e. The van der Waals surface area contributed by atoms with Gasteiger partial charge in [-0.2, -0.15) is 0 Å². The number of ether oxygens (including phenoxy) is 2. The summed E-state index contributed by atoms with van der Waals surface area (Å²) in [6.45, 7) is 6.49. The topological polar surface area (TPSA) is 93.3 Å². The molecule has 0 bridgehead atoms. The molecule has 0 radical (unpaired) electrons. The third kappa shape index (κ3) is 7.20. The van der Waals surface area contributed by atoms with Gasteiger partial charge in [0, 0.05) is 23.2 Å². The lowest BCUT2D eigenvalue weighted by molar-refractivity contribution is -0.141. The first-order valence-corrected chi connectivity index (χ1v) is 10.9. The second-order valence-corrected chi connectivity index (χ2v) is 8.97. The number of methoxy groups -OCH3 is 1. The van der Waals surface area contributed by atoms with Crippen molar-refractivity contribution in [3.63, 3.8) is 0 Å². The zero-order valence-electron chi connectivity index (χ0n) is 19.6. The Morgan fingerprint density at radius 3 is 2.33 bits per heavy atom. The van der Waals surface area contributed by atoms with Crippen LogP contribution in [-0.4, -0.2) is 35.2 Å². The van der Waals surface area contributed by atoms with Crippen molar-refractivity contribution >= 4 is 12.1 Å². The molecule has 174 valence electrons. The van der Waals surface area contributed by atoms with Gasteiger partial charge in [-0.05, 0) is 17.5 Å². The van der Waals surface area contributed by atoms with Crippen LogP contribution in [0.3, 0.4) is 0 Å². The van der Waals surface area contributed by atoms with Crippen molar-refractivity contribution in [2.75, 3.05) is 7.11 Å². The van der Waals surface area contributed by atoms with Crippen molar-refractivity contribution in [1.29, 1.82) is 0 Å². The van der Waals surface area contributed by atoms with Crippen LogP contribution in [0.5, 0.6) is 0 Å². The summed E-state index contributed by atoms with van der Waals surface area (Å²) in [6.07, 6.45) is 1.84. The van der Waals surface area contributed by atoms with E-state index in [0.717, 1.165) is 28.2 Å². The normalized spacial score (nSPS) is 12.1. The quantitative estimate of drug-likeness (QED) is 0.483. The maximum atomic E-state index is 12.3. The highest BCUT2D eigenvalue weighted by Crippen LogP contribution is 2.24. The largest absolute Gasteiger partial charge is 0.469 e. The standard InChI is InChI=1S/C26H31N3O4/c1-26(2,3)24-27-16-22(29-24)20-12-10-18(11-13-20)14-21(15-23(30)32-4)28-25(31)33-17-19-8-6-5-7-9-19/h5-13,16,21H,14-15,17H2,1-4H3,(H,27,29)(H,28,31)/t21-/m0/s1. The van der Waals surface area contributed by atoms with Gasteiger partial charge in [-0.1, -0.05) is 75.4 Å². The summed E-state index contributed by atoms with van der Waals surface area (Å²) >= 11 is 0. The number of amides is 1. The summed E-state index contributed by atoms with van der Waals surface area (Å²) in [5.74, 6) is 0.532. The number of alkyl carbamates (subject to hydrolysis) is 1. The first kappa shape index (κ1) is 24.0. The van der Waals surface area contributed by atoms with E-state index < -0.39 is 18.1 Å². The summed E-state index contributed by atoms with van der Waals surface area (Å²) in [5.41, 5.74) is 3.67. The van der Waals surface area contributed by atoms with E-state index in [4.69, 9.17) is 9.47 Å². The molecule has 0 fully saturated rings. The van der Waals surface area contributed by atoms with Crippen molar-refractivity contribution < 1.29 is 19.1 Å². The second-order valence-electron chi connectivity index (χ2n) is 8.97. The Morgan fingerprint density at radius 1 is 1.03 bits per heavy atom. The van der Waals surface area contributed by atoms with Gasteiger partial charge < -0.3 is 19.8 Å². The van der Waals surface area contributed by atoms with E-state index in [9.17, 15) is 9.59 Å². The Bertz CT molecular complexity index is 1050. The fraction of sp³-hybridized carbons (Fsp3) is 0.346. The summed E-state index contributed by atoms with van der Waals surface area (Å²) in [6, 6.07) is 16.9. The van der Waals surface area contributed by atoms with Crippen LogP contribution in [0.25, 0.3) is 11.3 Å². The number of esters is 1. The Balaban J connectivity index is 1.63. The molecular weight excluding hydrogens is 418 g/mol. The highest BCUT2D eigenvalue weighted by atomic mass is 16.5. The zero-order valence-corrected chi connectivity index (χ0v) is 19.6. The number of carbonyl (C=O) groups is 2. The van der Waals surface area contributed by atoms with Crippen molar-refractivity contribution in [3.8, 4) is 11.3 Å². The Labute approximate surface area is 194 Å². The minimum absolute atomic E-state index is 0.0486. The molecule has 0 aliphatic rings. The molecule has 0 unspecified atom stereocenters. The molecule has 0 saturated heterocycles. The molecule has 2 N–H and O–H groups in total. The first-order chi connectivity index (χ1) is 15.7. The van der Waals surface area contributed by atoms with Gasteiger partial charge in [0.1, 0.15) is 12.4 Å². The van der Waals surface area contributed by atoms with Crippen LogP contribution >= 0.6 is 0 Å². The van der Waals surface area contributed by atoms with E-state index in [2.05, 4.69) is 36.1 Å². The summed E-state index contributed by atoms with van der Waals surface area (Å²) in [4.78, 5) is 32.1. The molecule has 1 heterocycles. The molecule has 2 aromatic carbocycles. The predicted octanol–water partition coefficient (Wildman–Crippen LogP) is 4.77. The van der Waals surface area contributed by atoms with Gasteiger partial charge in [0.25, 0.3) is 0 Å². The number of carbonyl (C=O) groups excluding carboxylic acids is 2. The van der Waals surface area contributed by atoms with Crippen LogP contribution in [0.2, 0.25) is 0 Å². The Morgan fingerprint density at radius 2 is 1.73 bits per heavy atom. The Kier molecular flexibility index (Phi) is 7.87. The minimum Gasteiger partial charge on any atom is -0.469 e. The molecule has 1 atom stereocenters. The highest BCUT2D eigenvalue weighted by molar-refractivity contribution is 5.72. The lowest BCUT2D eigenvalue weighted by atomic mass is 9.96. The van der Waals surface area contributed by atoms with Crippen molar-refractivity contribution in [3.05, 3.63) is 77.7 Å². The molecule has 3 aromatic rings. The average Bonchev–Trinajstić information content (AvgIpc) is 3.30. The van der Waals surface area contributed by atoms with Gasteiger partial charge in [0.2, 0.25) is 0 Å².